The first-order chi connectivity index (χ1) is 16.4. The summed E-state index contributed by atoms with van der Waals surface area (Å²) in [6.45, 7) is 1.07. The van der Waals surface area contributed by atoms with Crippen molar-refractivity contribution in [3.05, 3.63) is 89.2 Å². The van der Waals surface area contributed by atoms with Gasteiger partial charge in [-0.15, -0.1) is 0 Å². The number of hydrogen-bond donors (Lipinski definition) is 1. The summed E-state index contributed by atoms with van der Waals surface area (Å²) >= 11 is 0. The fourth-order valence-corrected chi connectivity index (χ4v) is 6.63. The summed E-state index contributed by atoms with van der Waals surface area (Å²) in [5.41, 5.74) is 2.39. The van der Waals surface area contributed by atoms with Crippen LogP contribution in [0.15, 0.2) is 76.5 Å². The molecule has 0 aliphatic carbocycles. The van der Waals surface area contributed by atoms with E-state index in [2.05, 4.69) is 4.98 Å². The van der Waals surface area contributed by atoms with E-state index >= 15 is 0 Å². The molecule has 4 aromatic rings. The summed E-state index contributed by atoms with van der Waals surface area (Å²) < 4.78 is 26.4. The summed E-state index contributed by atoms with van der Waals surface area (Å²) in [7, 11) is -3.90. The van der Waals surface area contributed by atoms with Gasteiger partial charge < -0.3 is 9.88 Å². The number of carbonyl (C=O) groups excluding carboxylic acids is 2. The van der Waals surface area contributed by atoms with Crippen LogP contribution >= 0.6 is 0 Å². The quantitative estimate of drug-likeness (QED) is 0.420. The molecule has 0 spiro atoms. The van der Waals surface area contributed by atoms with Crippen molar-refractivity contribution < 1.29 is 18.0 Å². The molecule has 1 saturated heterocycles. The normalized spacial score (nSPS) is 19.0. The van der Waals surface area contributed by atoms with Gasteiger partial charge in [0.15, 0.2) is 5.78 Å². The van der Waals surface area contributed by atoms with Crippen molar-refractivity contribution in [3.8, 4) is 0 Å². The van der Waals surface area contributed by atoms with Gasteiger partial charge in [0.2, 0.25) is 9.84 Å². The number of nitrogens with zero attached hydrogens (tertiary/aromatic N) is 2. The topological polar surface area (TPSA) is 100 Å². The molecule has 3 aromatic carbocycles. The van der Waals surface area contributed by atoms with Gasteiger partial charge in [0.25, 0.3) is 5.91 Å². The Bertz CT molecular complexity index is 1560. The highest BCUT2D eigenvalue weighted by Crippen LogP contribution is 2.35. The summed E-state index contributed by atoms with van der Waals surface area (Å²) in [4.78, 5) is 36.0. The zero-order chi connectivity index (χ0) is 23.4. The molecule has 0 radical (unpaired) electrons. The van der Waals surface area contributed by atoms with E-state index in [1.807, 2.05) is 24.3 Å². The Hall–Kier alpha value is -3.78. The summed E-state index contributed by atoms with van der Waals surface area (Å²) in [5, 5.41) is 0. The number of nitrogens with one attached hydrogen (secondary N) is 1. The van der Waals surface area contributed by atoms with E-state index in [-0.39, 0.29) is 44.1 Å². The summed E-state index contributed by atoms with van der Waals surface area (Å²) in [6, 6.07) is 18.4. The van der Waals surface area contributed by atoms with Crippen LogP contribution in [0.3, 0.4) is 0 Å². The van der Waals surface area contributed by atoms with Crippen LogP contribution < -0.4 is 0 Å². The predicted octanol–water partition coefficient (Wildman–Crippen LogP) is 3.96. The number of imidazole rings is 1. The van der Waals surface area contributed by atoms with E-state index in [4.69, 9.17) is 4.98 Å². The lowest BCUT2D eigenvalue weighted by atomic mass is 9.96. The Balaban J connectivity index is 1.31. The SMILES string of the molecule is O=C1c2ccccc2S(=O)(=O)c2cc(C(=O)N3CCCC(c4nc5ccccc5[nH]4)C3)ccc21. The number of piperidine rings is 1. The molecule has 0 bridgehead atoms. The number of likely N-dealkylation sites (tertiary alicyclic amines) is 1. The van der Waals surface area contributed by atoms with E-state index in [9.17, 15) is 18.0 Å². The van der Waals surface area contributed by atoms with E-state index in [0.29, 0.717) is 13.1 Å². The predicted molar refractivity (Wildman–Crippen MR) is 126 cm³/mol. The first-order valence-electron chi connectivity index (χ1n) is 11.2. The minimum absolute atomic E-state index is 0.0139. The Kier molecular flexibility index (Phi) is 4.67. The number of sulfone groups is 1. The number of para-hydroxylation sites is 2. The standard InChI is InChI=1S/C26H21N3O4S/c30-24-18-7-1-4-10-22(18)34(32,33)23-14-16(11-12-19(23)24)26(31)29-13-5-6-17(15-29)25-27-20-8-2-3-9-21(20)28-25/h1-4,7-12,14,17H,5-6,13,15H2,(H,27,28). The molecule has 1 N–H and O–H groups in total. The van der Waals surface area contributed by atoms with Crippen molar-refractivity contribution in [2.24, 2.45) is 0 Å². The Morgan fingerprint density at radius 1 is 0.971 bits per heavy atom. The second-order valence-corrected chi connectivity index (χ2v) is 10.7. The minimum Gasteiger partial charge on any atom is -0.342 e. The molecular weight excluding hydrogens is 450 g/mol. The maximum atomic E-state index is 13.4. The van der Waals surface area contributed by atoms with E-state index in [1.54, 1.807) is 23.1 Å². The van der Waals surface area contributed by atoms with Gasteiger partial charge in [0.05, 0.1) is 20.8 Å². The van der Waals surface area contributed by atoms with Gasteiger partial charge in [-0.05, 0) is 55.3 Å². The van der Waals surface area contributed by atoms with Crippen LogP contribution in [0.4, 0.5) is 0 Å². The van der Waals surface area contributed by atoms with Gasteiger partial charge in [-0.3, -0.25) is 9.59 Å². The molecule has 1 amide bonds. The number of fused-ring (bicyclic) bond motifs is 3. The molecule has 1 unspecified atom stereocenters. The number of hydrogen-bond acceptors (Lipinski definition) is 5. The zero-order valence-electron chi connectivity index (χ0n) is 18.2. The highest BCUT2D eigenvalue weighted by atomic mass is 32.2. The van der Waals surface area contributed by atoms with Crippen LogP contribution in [-0.2, 0) is 9.84 Å². The maximum Gasteiger partial charge on any atom is 0.253 e. The molecule has 7 nitrogen and oxygen atoms in total. The number of carbonyl (C=O) groups is 2. The average Bonchev–Trinajstić information content (AvgIpc) is 3.31. The molecule has 2 aliphatic heterocycles. The number of rotatable bonds is 2. The number of benzene rings is 3. The highest BCUT2D eigenvalue weighted by molar-refractivity contribution is 7.91. The summed E-state index contributed by atoms with van der Waals surface area (Å²) in [6.07, 6.45) is 1.73. The largest absolute Gasteiger partial charge is 0.342 e. The molecule has 2 aliphatic rings. The Morgan fingerprint density at radius 2 is 1.74 bits per heavy atom. The third kappa shape index (κ3) is 3.17. The van der Waals surface area contributed by atoms with Gasteiger partial charge in [0, 0.05) is 35.7 Å². The van der Waals surface area contributed by atoms with Gasteiger partial charge >= 0.3 is 0 Å². The van der Waals surface area contributed by atoms with Crippen molar-refractivity contribution in [2.45, 2.75) is 28.6 Å². The smallest absolute Gasteiger partial charge is 0.253 e. The Labute approximate surface area is 196 Å². The first kappa shape index (κ1) is 20.8. The molecular formula is C26H21N3O4S. The highest BCUT2D eigenvalue weighted by Gasteiger charge is 2.36. The van der Waals surface area contributed by atoms with Gasteiger partial charge in [0.1, 0.15) is 5.82 Å². The second-order valence-electron chi connectivity index (χ2n) is 8.77. The number of ketones is 1. The molecule has 0 saturated carbocycles. The summed E-state index contributed by atoms with van der Waals surface area (Å²) in [5.74, 6) is 0.335. The van der Waals surface area contributed by atoms with Crippen LogP contribution in [-0.4, -0.2) is 48.1 Å². The third-order valence-electron chi connectivity index (χ3n) is 6.69. The second kappa shape index (κ2) is 7.63. The first-order valence-corrected chi connectivity index (χ1v) is 12.7. The van der Waals surface area contributed by atoms with Gasteiger partial charge in [-0.2, -0.15) is 0 Å². The lowest BCUT2D eigenvalue weighted by Crippen LogP contribution is -2.39. The maximum absolute atomic E-state index is 13.4. The fourth-order valence-electron chi connectivity index (χ4n) is 4.95. The van der Waals surface area contributed by atoms with Crippen LogP contribution in [0.1, 0.15) is 50.9 Å². The van der Waals surface area contributed by atoms with Crippen LogP contribution in [0.25, 0.3) is 11.0 Å². The minimum atomic E-state index is -3.90. The number of aromatic amines is 1. The van der Waals surface area contributed by atoms with Crippen molar-refractivity contribution in [2.75, 3.05) is 13.1 Å². The molecule has 1 fully saturated rings. The van der Waals surface area contributed by atoms with E-state index in [1.165, 1.54) is 24.3 Å². The fraction of sp³-hybridized carbons (Fsp3) is 0.192. The molecule has 6 rings (SSSR count). The third-order valence-corrected chi connectivity index (χ3v) is 8.54. The number of H-pyrrole nitrogens is 1. The molecule has 8 heteroatoms. The van der Waals surface area contributed by atoms with E-state index in [0.717, 1.165) is 29.7 Å². The molecule has 170 valence electrons. The van der Waals surface area contributed by atoms with Crippen LogP contribution in [0.2, 0.25) is 0 Å². The number of amides is 1. The van der Waals surface area contributed by atoms with Crippen LogP contribution in [0.5, 0.6) is 0 Å². The number of aromatic nitrogens is 2. The van der Waals surface area contributed by atoms with Crippen molar-refractivity contribution in [3.63, 3.8) is 0 Å². The van der Waals surface area contributed by atoms with Crippen molar-refractivity contribution >= 4 is 32.6 Å². The zero-order valence-corrected chi connectivity index (χ0v) is 19.0. The van der Waals surface area contributed by atoms with Crippen molar-refractivity contribution in [1.82, 2.24) is 14.9 Å². The molecule has 1 atom stereocenters. The van der Waals surface area contributed by atoms with Gasteiger partial charge in [-0.25, -0.2) is 13.4 Å². The average molecular weight is 472 g/mol. The lowest BCUT2D eigenvalue weighted by Gasteiger charge is -2.32. The lowest BCUT2D eigenvalue weighted by molar-refractivity contribution is 0.0704. The monoisotopic (exact) mass is 471 g/mol. The molecule has 3 heterocycles. The van der Waals surface area contributed by atoms with Crippen LogP contribution in [0, 0.1) is 0 Å². The van der Waals surface area contributed by atoms with Gasteiger partial charge in [-0.1, -0.05) is 24.3 Å². The van der Waals surface area contributed by atoms with Crippen molar-refractivity contribution in [1.29, 1.82) is 0 Å². The molecule has 1 aromatic heterocycles. The van der Waals surface area contributed by atoms with E-state index < -0.39 is 9.84 Å². The molecule has 34 heavy (non-hydrogen) atoms. The Morgan fingerprint density at radius 3 is 2.59 bits per heavy atom.